The molecule has 2 aromatic rings. The molecule has 0 radical (unpaired) electrons. The Kier molecular flexibility index (Phi) is 8.00. The predicted molar refractivity (Wildman–Crippen MR) is 123 cm³/mol. The lowest BCUT2D eigenvalue weighted by molar-refractivity contribution is -0.141. The predicted octanol–water partition coefficient (Wildman–Crippen LogP) is 3.09. The number of carbonyl (C=O) groups excluding carboxylic acids is 1. The number of rotatable bonds is 7. The van der Waals surface area contributed by atoms with Gasteiger partial charge in [-0.25, -0.2) is 17.8 Å². The van der Waals surface area contributed by atoms with Crippen LogP contribution >= 0.6 is 0 Å². The Morgan fingerprint density at radius 1 is 1.23 bits per heavy atom. The highest BCUT2D eigenvalue weighted by Gasteiger charge is 2.33. The molecule has 1 saturated heterocycles. The molecule has 1 fully saturated rings. The Morgan fingerprint density at radius 3 is 2.51 bits per heavy atom. The summed E-state index contributed by atoms with van der Waals surface area (Å²) in [7, 11) is -3.66. The molecule has 0 atom stereocenters. The minimum Gasteiger partial charge on any atom is -0.378 e. The smallest absolute Gasteiger partial charge is 0.378 e. The zero-order chi connectivity index (χ0) is 25.8. The van der Waals surface area contributed by atoms with Crippen molar-refractivity contribution in [1.29, 1.82) is 0 Å². The van der Waals surface area contributed by atoms with Gasteiger partial charge in [0.15, 0.2) is 0 Å². The van der Waals surface area contributed by atoms with Crippen LogP contribution < -0.4 is 14.9 Å². The Morgan fingerprint density at radius 2 is 1.91 bits per heavy atom. The Balaban J connectivity index is 1.73. The summed E-state index contributed by atoms with van der Waals surface area (Å²) in [5.74, 6) is -1.26. The first-order valence-electron chi connectivity index (χ1n) is 10.5. The number of halogens is 4. The van der Waals surface area contributed by atoms with Gasteiger partial charge in [-0.1, -0.05) is 6.07 Å². The molecule has 1 aliphatic heterocycles. The van der Waals surface area contributed by atoms with Gasteiger partial charge in [0.2, 0.25) is 15.9 Å². The lowest BCUT2D eigenvalue weighted by atomic mass is 10.1. The molecule has 0 aliphatic carbocycles. The van der Waals surface area contributed by atoms with Crippen molar-refractivity contribution in [2.45, 2.75) is 19.6 Å². The monoisotopic (exact) mass is 516 g/mol. The van der Waals surface area contributed by atoms with E-state index in [1.165, 1.54) is 25.1 Å². The van der Waals surface area contributed by atoms with E-state index in [1.54, 1.807) is 4.90 Å². The number of carbonyl (C=O) groups is 1. The van der Waals surface area contributed by atoms with Gasteiger partial charge in [0.1, 0.15) is 17.3 Å². The van der Waals surface area contributed by atoms with Gasteiger partial charge < -0.3 is 15.0 Å². The van der Waals surface area contributed by atoms with Crippen molar-refractivity contribution in [2.75, 3.05) is 42.2 Å². The minimum atomic E-state index is -4.61. The Bertz CT molecular complexity index is 1200. The standard InChI is InChI=1S/C22H24F4N4O4S/c1-14-11-15(12-17(23)20(14)29-35(2,32)33)13-27-19(31)6-4-16-3-5-18(22(24,25)26)28-21(16)30-7-9-34-10-8-30/h3-6,11-12,29H,7-10,13H2,1-2H3,(H,27,31)/b6-4+. The number of hydrogen-bond donors (Lipinski definition) is 2. The number of anilines is 2. The molecular weight excluding hydrogens is 492 g/mol. The van der Waals surface area contributed by atoms with Crippen molar-refractivity contribution in [3.8, 4) is 0 Å². The molecule has 190 valence electrons. The number of benzene rings is 1. The van der Waals surface area contributed by atoms with Gasteiger partial charge in [-0.3, -0.25) is 9.52 Å². The second kappa shape index (κ2) is 10.6. The third-order valence-corrected chi connectivity index (χ3v) is 5.60. The average molecular weight is 517 g/mol. The van der Waals surface area contributed by atoms with Crippen molar-refractivity contribution in [3.63, 3.8) is 0 Å². The number of ether oxygens (including phenoxy) is 1. The average Bonchev–Trinajstić information content (AvgIpc) is 2.78. The molecule has 0 unspecified atom stereocenters. The maximum Gasteiger partial charge on any atom is 0.433 e. The van der Waals surface area contributed by atoms with Crippen molar-refractivity contribution < 1.29 is 35.5 Å². The van der Waals surface area contributed by atoms with E-state index < -0.39 is 33.6 Å². The largest absolute Gasteiger partial charge is 0.433 e. The van der Waals surface area contributed by atoms with Crippen molar-refractivity contribution in [1.82, 2.24) is 10.3 Å². The number of sulfonamides is 1. The number of alkyl halides is 3. The van der Waals surface area contributed by atoms with Gasteiger partial charge in [-0.15, -0.1) is 0 Å². The first kappa shape index (κ1) is 26.4. The van der Waals surface area contributed by atoms with Crippen LogP contribution in [0, 0.1) is 12.7 Å². The summed E-state index contributed by atoms with van der Waals surface area (Å²) in [5.41, 5.74) is -0.153. The molecular formula is C22H24F4N4O4S. The fourth-order valence-electron chi connectivity index (χ4n) is 3.42. The topological polar surface area (TPSA) is 101 Å². The molecule has 1 aromatic heterocycles. The van der Waals surface area contributed by atoms with Crippen LogP contribution in [0.5, 0.6) is 0 Å². The second-order valence-corrected chi connectivity index (χ2v) is 9.65. The molecule has 0 saturated carbocycles. The normalized spacial score (nSPS) is 14.9. The number of morpholine rings is 1. The SMILES string of the molecule is Cc1cc(CNC(=O)/C=C/c2ccc(C(F)(F)F)nc2N2CCOCC2)cc(F)c1NS(C)(=O)=O. The number of aromatic nitrogens is 1. The third kappa shape index (κ3) is 7.39. The maximum atomic E-state index is 14.3. The molecule has 1 amide bonds. The van der Waals surface area contributed by atoms with Crippen molar-refractivity contribution in [3.05, 3.63) is 58.5 Å². The van der Waals surface area contributed by atoms with Crippen LogP contribution in [0.1, 0.15) is 22.4 Å². The first-order chi connectivity index (χ1) is 16.3. The van der Waals surface area contributed by atoms with E-state index in [0.717, 1.165) is 24.5 Å². The third-order valence-electron chi connectivity index (χ3n) is 5.02. The molecule has 13 heteroatoms. The van der Waals surface area contributed by atoms with E-state index in [4.69, 9.17) is 4.74 Å². The van der Waals surface area contributed by atoms with E-state index in [0.29, 0.717) is 43.0 Å². The number of nitrogens with zero attached hydrogens (tertiary/aromatic N) is 2. The lowest BCUT2D eigenvalue weighted by Gasteiger charge is -2.29. The number of aryl methyl sites for hydroxylation is 1. The lowest BCUT2D eigenvalue weighted by Crippen LogP contribution is -2.37. The second-order valence-electron chi connectivity index (χ2n) is 7.90. The molecule has 1 aliphatic rings. The van der Waals surface area contributed by atoms with Gasteiger partial charge in [0.05, 0.1) is 25.2 Å². The highest BCUT2D eigenvalue weighted by atomic mass is 32.2. The van der Waals surface area contributed by atoms with E-state index in [9.17, 15) is 30.8 Å². The zero-order valence-electron chi connectivity index (χ0n) is 18.9. The zero-order valence-corrected chi connectivity index (χ0v) is 19.8. The van der Waals surface area contributed by atoms with Gasteiger partial charge in [0.25, 0.3) is 0 Å². The summed E-state index contributed by atoms with van der Waals surface area (Å²) in [5, 5.41) is 2.56. The van der Waals surface area contributed by atoms with Gasteiger partial charge in [0, 0.05) is 31.3 Å². The van der Waals surface area contributed by atoms with Gasteiger partial charge in [-0.05, 0) is 42.3 Å². The number of pyridine rings is 1. The van der Waals surface area contributed by atoms with Crippen LogP contribution in [0.2, 0.25) is 0 Å². The molecule has 8 nitrogen and oxygen atoms in total. The summed E-state index contributed by atoms with van der Waals surface area (Å²) in [6, 6.07) is 4.72. The quantitative estimate of drug-likeness (QED) is 0.434. The first-order valence-corrected chi connectivity index (χ1v) is 12.4. The molecule has 0 bridgehead atoms. The van der Waals surface area contributed by atoms with E-state index in [1.807, 2.05) is 0 Å². The minimum absolute atomic E-state index is 0.0539. The van der Waals surface area contributed by atoms with E-state index >= 15 is 0 Å². The van der Waals surface area contributed by atoms with Crippen molar-refractivity contribution >= 4 is 33.5 Å². The van der Waals surface area contributed by atoms with Crippen LogP contribution in [-0.4, -0.2) is 51.9 Å². The fraction of sp³-hybridized carbons (Fsp3) is 0.364. The molecule has 2 heterocycles. The Labute approximate surface area is 200 Å². The number of hydrogen-bond acceptors (Lipinski definition) is 6. The van der Waals surface area contributed by atoms with E-state index in [2.05, 4.69) is 15.0 Å². The molecule has 0 spiro atoms. The summed E-state index contributed by atoms with van der Waals surface area (Å²) in [6.07, 6.45) is -1.20. The maximum absolute atomic E-state index is 14.3. The molecule has 2 N–H and O–H groups in total. The molecule has 1 aromatic carbocycles. The highest BCUT2D eigenvalue weighted by Crippen LogP contribution is 2.31. The highest BCUT2D eigenvalue weighted by molar-refractivity contribution is 7.92. The number of amides is 1. The Hall–Kier alpha value is -3.19. The van der Waals surface area contributed by atoms with E-state index in [-0.39, 0.29) is 18.1 Å². The summed E-state index contributed by atoms with van der Waals surface area (Å²) in [6.45, 7) is 2.87. The fourth-order valence-corrected chi connectivity index (χ4v) is 4.05. The van der Waals surface area contributed by atoms with Gasteiger partial charge >= 0.3 is 6.18 Å². The summed E-state index contributed by atoms with van der Waals surface area (Å²) in [4.78, 5) is 17.7. The van der Waals surface area contributed by atoms with Crippen LogP contribution in [0.3, 0.4) is 0 Å². The van der Waals surface area contributed by atoms with Crippen LogP contribution in [0.15, 0.2) is 30.3 Å². The molecule has 3 rings (SSSR count). The summed E-state index contributed by atoms with van der Waals surface area (Å²) < 4.78 is 83.9. The van der Waals surface area contributed by atoms with Crippen LogP contribution in [0.4, 0.5) is 29.1 Å². The number of nitrogens with one attached hydrogen (secondary N) is 2. The van der Waals surface area contributed by atoms with Gasteiger partial charge in [-0.2, -0.15) is 13.2 Å². The van der Waals surface area contributed by atoms with Crippen LogP contribution in [0.25, 0.3) is 6.08 Å². The van der Waals surface area contributed by atoms with Crippen molar-refractivity contribution in [2.24, 2.45) is 0 Å². The molecule has 35 heavy (non-hydrogen) atoms. The summed E-state index contributed by atoms with van der Waals surface area (Å²) >= 11 is 0. The van der Waals surface area contributed by atoms with Crippen LogP contribution in [-0.2, 0) is 32.3 Å².